The van der Waals surface area contributed by atoms with E-state index in [0.717, 1.165) is 24.3 Å². The monoisotopic (exact) mass is 504 g/mol. The fourth-order valence-corrected chi connectivity index (χ4v) is 3.56. The number of rotatable bonds is 6. The van der Waals surface area contributed by atoms with Crippen LogP contribution in [0.5, 0.6) is 0 Å². The van der Waals surface area contributed by atoms with Gasteiger partial charge in [-0.1, -0.05) is 24.3 Å². The number of halogens is 4. The van der Waals surface area contributed by atoms with Gasteiger partial charge in [-0.15, -0.1) is 0 Å². The third kappa shape index (κ3) is 6.64. The Morgan fingerprint density at radius 2 is 1.86 bits per heavy atom. The van der Waals surface area contributed by atoms with E-state index >= 15 is 0 Å². The lowest BCUT2D eigenvalue weighted by Gasteiger charge is -2.29. The summed E-state index contributed by atoms with van der Waals surface area (Å²) in [5.41, 5.74) is 0.968. The highest BCUT2D eigenvalue weighted by Gasteiger charge is 2.34. The average Bonchev–Trinajstić information content (AvgIpc) is 2.90. The van der Waals surface area contributed by atoms with Crippen molar-refractivity contribution in [3.05, 3.63) is 71.7 Å². The predicted octanol–water partition coefficient (Wildman–Crippen LogP) is 4.70. The van der Waals surface area contributed by atoms with Crippen LogP contribution in [0.25, 0.3) is 17.2 Å². The highest BCUT2D eigenvalue weighted by molar-refractivity contribution is 5.80. The molecule has 2 heterocycles. The summed E-state index contributed by atoms with van der Waals surface area (Å²) in [4.78, 5) is 21.5. The number of anilines is 3. The van der Waals surface area contributed by atoms with Gasteiger partial charge >= 0.3 is 6.18 Å². The van der Waals surface area contributed by atoms with Crippen LogP contribution < -0.4 is 10.2 Å². The summed E-state index contributed by atoms with van der Waals surface area (Å²) in [6.07, 6.45) is 0.512. The Kier molecular flexibility index (Phi) is 9.09. The number of carbonyl (C=O) groups excluding carboxylic acids is 1. The molecule has 0 spiro atoms. The van der Waals surface area contributed by atoms with Crippen molar-refractivity contribution in [2.24, 2.45) is 0 Å². The smallest absolute Gasteiger partial charge is 0.400 e. The normalized spacial score (nSPS) is 13.8. The quantitative estimate of drug-likeness (QED) is 0.286. The molecule has 4 rings (SSSR count). The predicted molar refractivity (Wildman–Crippen MR) is 128 cm³/mol. The molecule has 0 atom stereocenters. The van der Waals surface area contributed by atoms with Crippen LogP contribution >= 0.6 is 0 Å². The number of nitrogens with one attached hydrogen (secondary N) is 1. The van der Waals surface area contributed by atoms with Crippen molar-refractivity contribution in [1.29, 1.82) is 0 Å². The minimum Gasteiger partial charge on any atom is -0.400 e. The Bertz CT molecular complexity index is 1210. The number of benzene rings is 2. The number of hydrogen-bond acceptors (Lipinski definition) is 7. The zero-order valence-corrected chi connectivity index (χ0v) is 19.3. The molecule has 1 aliphatic heterocycles. The molecule has 0 radical (unpaired) electrons. The van der Waals surface area contributed by atoms with Gasteiger partial charge in [-0.2, -0.15) is 18.2 Å². The second-order valence-electron chi connectivity index (χ2n) is 7.47. The van der Waals surface area contributed by atoms with Gasteiger partial charge < -0.3 is 20.1 Å². The first kappa shape index (κ1) is 26.8. The van der Waals surface area contributed by atoms with E-state index in [1.54, 1.807) is 12.3 Å². The number of hydrogen-bond donors (Lipinski definition) is 2. The van der Waals surface area contributed by atoms with E-state index in [1.165, 1.54) is 12.1 Å². The Morgan fingerprint density at radius 1 is 1.11 bits per heavy atom. The minimum atomic E-state index is -4.82. The molecule has 1 fully saturated rings. The summed E-state index contributed by atoms with van der Waals surface area (Å²) >= 11 is 0. The number of aliphatic hydroxyl groups is 1. The number of ether oxygens (including phenoxy) is 1. The van der Waals surface area contributed by atoms with E-state index in [9.17, 15) is 22.4 Å². The number of nitrogens with zero attached hydrogens (tertiary/aromatic N) is 3. The first-order valence-electron chi connectivity index (χ1n) is 10.9. The molecule has 0 bridgehead atoms. The lowest BCUT2D eigenvalue weighted by molar-refractivity contribution is -0.139. The first-order chi connectivity index (χ1) is 17.3. The minimum absolute atomic E-state index is 0.00963. The van der Waals surface area contributed by atoms with Crippen molar-refractivity contribution in [1.82, 2.24) is 9.97 Å². The van der Waals surface area contributed by atoms with Gasteiger partial charge in [0, 0.05) is 37.6 Å². The summed E-state index contributed by atoms with van der Waals surface area (Å²) in [7, 11) is 1.00. The summed E-state index contributed by atoms with van der Waals surface area (Å²) < 4.78 is 58.3. The summed E-state index contributed by atoms with van der Waals surface area (Å²) in [6, 6.07) is 10.1. The van der Waals surface area contributed by atoms with Crippen LogP contribution in [0.15, 0.2) is 54.7 Å². The van der Waals surface area contributed by atoms with Crippen LogP contribution in [-0.2, 0) is 15.7 Å². The van der Waals surface area contributed by atoms with Crippen molar-refractivity contribution in [3.63, 3.8) is 0 Å². The molecule has 1 aliphatic rings. The molecule has 0 saturated carbocycles. The van der Waals surface area contributed by atoms with Gasteiger partial charge in [-0.05, 0) is 41.5 Å². The van der Waals surface area contributed by atoms with E-state index < -0.39 is 17.6 Å². The van der Waals surface area contributed by atoms with Crippen LogP contribution in [-0.4, -0.2) is 54.8 Å². The number of aldehydes is 1. The molecular weight excluding hydrogens is 480 g/mol. The number of morpholine rings is 1. The van der Waals surface area contributed by atoms with Crippen LogP contribution in [0.2, 0.25) is 0 Å². The van der Waals surface area contributed by atoms with E-state index in [-0.39, 0.29) is 11.6 Å². The summed E-state index contributed by atoms with van der Waals surface area (Å²) in [5, 5.41) is 9.74. The third-order valence-electron chi connectivity index (χ3n) is 5.17. The van der Waals surface area contributed by atoms with Gasteiger partial charge in [0.05, 0.1) is 18.8 Å². The Hall–Kier alpha value is -3.83. The summed E-state index contributed by atoms with van der Waals surface area (Å²) in [6.45, 7) is 2.15. The SMILES string of the molecule is CO.O=C/C=C/c1cccc(-c2cnc(Nc3ccc(F)c(C(F)(F)F)c3)nc2N2CCOCC2)c1. The maximum atomic E-state index is 13.6. The van der Waals surface area contributed by atoms with E-state index in [2.05, 4.69) is 15.3 Å². The number of aromatic nitrogens is 2. The lowest BCUT2D eigenvalue weighted by atomic mass is 10.0. The molecule has 7 nitrogen and oxygen atoms in total. The van der Waals surface area contributed by atoms with Gasteiger partial charge in [0.25, 0.3) is 0 Å². The van der Waals surface area contributed by atoms with E-state index in [1.807, 2.05) is 29.2 Å². The molecule has 3 aromatic rings. The zero-order valence-electron chi connectivity index (χ0n) is 19.3. The number of alkyl halides is 3. The van der Waals surface area contributed by atoms with Crippen LogP contribution in [0.3, 0.4) is 0 Å². The molecule has 0 amide bonds. The van der Waals surface area contributed by atoms with Gasteiger partial charge in [-0.25, -0.2) is 9.37 Å². The van der Waals surface area contributed by atoms with Gasteiger partial charge in [0.2, 0.25) is 5.95 Å². The highest BCUT2D eigenvalue weighted by atomic mass is 19.4. The average molecular weight is 504 g/mol. The summed E-state index contributed by atoms with van der Waals surface area (Å²) in [5.74, 6) is -0.704. The molecule has 0 unspecified atom stereocenters. The largest absolute Gasteiger partial charge is 0.419 e. The fourth-order valence-electron chi connectivity index (χ4n) is 3.56. The van der Waals surface area contributed by atoms with E-state index in [4.69, 9.17) is 9.84 Å². The zero-order chi connectivity index (χ0) is 26.1. The van der Waals surface area contributed by atoms with Gasteiger partial charge in [0.1, 0.15) is 17.9 Å². The number of carbonyl (C=O) groups is 1. The Balaban J connectivity index is 0.00000176. The maximum absolute atomic E-state index is 13.6. The standard InChI is InChI=1S/C24H20F4N4O2.CH4O/c25-21-7-6-18(14-20(21)24(26,27)28)30-23-29-15-19(22(31-23)32-8-11-34-12-9-32)17-5-1-3-16(13-17)4-2-10-33;1-2/h1-7,10,13-15H,8-9,11-12H2,(H,29,30,31);2H,1H3/b4-2+;. The maximum Gasteiger partial charge on any atom is 0.419 e. The Labute approximate surface area is 205 Å². The van der Waals surface area contributed by atoms with Crippen molar-refractivity contribution in [3.8, 4) is 11.1 Å². The lowest BCUT2D eigenvalue weighted by Crippen LogP contribution is -2.37. The molecule has 1 aromatic heterocycles. The Morgan fingerprint density at radius 3 is 2.56 bits per heavy atom. The first-order valence-corrected chi connectivity index (χ1v) is 10.9. The molecule has 1 saturated heterocycles. The van der Waals surface area contributed by atoms with Crippen molar-refractivity contribution < 1.29 is 32.2 Å². The number of allylic oxidation sites excluding steroid dienone is 1. The van der Waals surface area contributed by atoms with Crippen molar-refractivity contribution in [2.45, 2.75) is 6.18 Å². The van der Waals surface area contributed by atoms with Crippen molar-refractivity contribution in [2.75, 3.05) is 43.6 Å². The highest BCUT2D eigenvalue weighted by Crippen LogP contribution is 2.35. The van der Waals surface area contributed by atoms with Crippen LogP contribution in [0.1, 0.15) is 11.1 Å². The molecule has 0 aliphatic carbocycles. The van der Waals surface area contributed by atoms with Crippen LogP contribution in [0, 0.1) is 5.82 Å². The second-order valence-corrected chi connectivity index (χ2v) is 7.47. The van der Waals surface area contributed by atoms with E-state index in [0.29, 0.717) is 50.0 Å². The van der Waals surface area contributed by atoms with Crippen molar-refractivity contribution >= 4 is 29.8 Å². The number of aliphatic hydroxyl groups excluding tert-OH is 1. The molecule has 36 heavy (non-hydrogen) atoms. The third-order valence-corrected chi connectivity index (χ3v) is 5.17. The molecule has 2 N–H and O–H groups in total. The fraction of sp³-hybridized carbons (Fsp3) is 0.240. The molecular formula is C25H24F4N4O3. The topological polar surface area (TPSA) is 87.6 Å². The molecule has 2 aromatic carbocycles. The van der Waals surface area contributed by atoms with Gasteiger partial charge in [0.15, 0.2) is 0 Å². The second kappa shape index (κ2) is 12.2. The van der Waals surface area contributed by atoms with Gasteiger partial charge in [-0.3, -0.25) is 4.79 Å². The molecule has 11 heteroatoms. The molecule has 190 valence electrons. The van der Waals surface area contributed by atoms with Crippen LogP contribution in [0.4, 0.5) is 35.0 Å².